The third-order valence-corrected chi connectivity index (χ3v) is 5.37. The maximum Gasteiger partial charge on any atom is 0.116 e. The minimum Gasteiger partial charge on any atom is -0.235 e. The average molecular weight is 305 g/mol. The van der Waals surface area contributed by atoms with E-state index in [1.807, 2.05) is 6.08 Å². The molecule has 0 saturated heterocycles. The van der Waals surface area contributed by atoms with Crippen molar-refractivity contribution in [2.75, 3.05) is 0 Å². The van der Waals surface area contributed by atoms with Crippen molar-refractivity contribution in [3.63, 3.8) is 0 Å². The van der Waals surface area contributed by atoms with Crippen LogP contribution in [0.1, 0.15) is 64.2 Å². The zero-order chi connectivity index (χ0) is 14.5. The van der Waals surface area contributed by atoms with Gasteiger partial charge in [-0.25, -0.2) is 9.98 Å². The summed E-state index contributed by atoms with van der Waals surface area (Å²) in [5, 5.41) is 0. The largest absolute Gasteiger partial charge is 0.235 e. The lowest BCUT2D eigenvalue weighted by molar-refractivity contribution is 0.328. The van der Waals surface area contributed by atoms with Crippen LogP contribution < -0.4 is 0 Å². The molecule has 0 amide bonds. The van der Waals surface area contributed by atoms with Gasteiger partial charge in [0.2, 0.25) is 0 Å². The average Bonchev–Trinajstić information content (AvgIpc) is 2.95. The van der Waals surface area contributed by atoms with Gasteiger partial charge in [-0.1, -0.05) is 63.9 Å². The summed E-state index contributed by atoms with van der Waals surface area (Å²) in [7, 11) is 0. The van der Waals surface area contributed by atoms with Crippen molar-refractivity contribution in [3.8, 4) is 0 Å². The van der Waals surface area contributed by atoms with Crippen molar-refractivity contribution in [2.45, 2.75) is 69.1 Å². The van der Waals surface area contributed by atoms with Crippen LogP contribution in [0.15, 0.2) is 33.9 Å². The van der Waals surface area contributed by atoms with Crippen LogP contribution in [0.2, 0.25) is 0 Å². The molecule has 1 atom stereocenters. The molecule has 3 rings (SSSR count). The van der Waals surface area contributed by atoms with Gasteiger partial charge in [-0.15, -0.1) is 11.6 Å². The topological polar surface area (TPSA) is 24.7 Å². The molecule has 0 aromatic rings. The predicted octanol–water partition coefficient (Wildman–Crippen LogP) is 5.43. The number of fused-ring (bicyclic) bond motifs is 1. The Morgan fingerprint density at radius 1 is 1.14 bits per heavy atom. The van der Waals surface area contributed by atoms with Crippen molar-refractivity contribution in [1.82, 2.24) is 0 Å². The van der Waals surface area contributed by atoms with Crippen LogP contribution >= 0.6 is 11.6 Å². The van der Waals surface area contributed by atoms with Gasteiger partial charge in [0, 0.05) is 0 Å². The summed E-state index contributed by atoms with van der Waals surface area (Å²) in [6.07, 6.45) is 21.4. The number of aliphatic imine (C=N–C) groups is 2. The summed E-state index contributed by atoms with van der Waals surface area (Å²) in [6, 6.07) is 0. The highest BCUT2D eigenvalue weighted by atomic mass is 35.5. The third-order valence-electron chi connectivity index (χ3n) is 4.95. The molecule has 0 N–H and O–H groups in total. The molecule has 1 heterocycles. The van der Waals surface area contributed by atoms with Crippen molar-refractivity contribution < 1.29 is 0 Å². The molecule has 1 saturated carbocycles. The molecule has 0 radical (unpaired) electrons. The minimum absolute atomic E-state index is 0.346. The Kier molecular flexibility index (Phi) is 4.95. The molecule has 3 heteroatoms. The highest BCUT2D eigenvalue weighted by Crippen LogP contribution is 2.33. The molecule has 3 aliphatic rings. The van der Waals surface area contributed by atoms with Crippen LogP contribution in [-0.4, -0.2) is 16.9 Å². The molecular formula is C18H25ClN2. The standard InChI is InChI=1S/C18H25ClN2/c19-18(12-10-16-17(13-18)21-14-20-16)11-6-2-5-9-15-7-3-1-4-8-15/h10,12-15H,1-9,11H2. The molecule has 1 aliphatic heterocycles. The molecule has 21 heavy (non-hydrogen) atoms. The molecule has 0 aromatic carbocycles. The predicted molar refractivity (Wildman–Crippen MR) is 91.4 cm³/mol. The lowest BCUT2D eigenvalue weighted by atomic mass is 9.85. The van der Waals surface area contributed by atoms with Crippen LogP contribution in [0.5, 0.6) is 0 Å². The van der Waals surface area contributed by atoms with Gasteiger partial charge >= 0.3 is 0 Å². The molecule has 2 nitrogen and oxygen atoms in total. The Hall–Kier alpha value is -0.890. The molecule has 0 bridgehead atoms. The Morgan fingerprint density at radius 3 is 2.86 bits per heavy atom. The number of unbranched alkanes of at least 4 members (excludes halogenated alkanes) is 2. The van der Waals surface area contributed by atoms with E-state index in [4.69, 9.17) is 11.6 Å². The number of halogens is 1. The molecular weight excluding hydrogens is 280 g/mol. The molecule has 1 fully saturated rings. The van der Waals surface area contributed by atoms with Gasteiger partial charge in [0.05, 0.1) is 16.3 Å². The van der Waals surface area contributed by atoms with E-state index >= 15 is 0 Å². The van der Waals surface area contributed by atoms with E-state index in [2.05, 4.69) is 22.1 Å². The number of alkyl halides is 1. The van der Waals surface area contributed by atoms with Gasteiger partial charge in [-0.05, 0) is 24.5 Å². The number of rotatable bonds is 6. The first-order valence-corrected chi connectivity index (χ1v) is 8.85. The van der Waals surface area contributed by atoms with E-state index in [1.165, 1.54) is 57.8 Å². The monoisotopic (exact) mass is 304 g/mol. The molecule has 2 aliphatic carbocycles. The zero-order valence-corrected chi connectivity index (χ0v) is 13.5. The van der Waals surface area contributed by atoms with Crippen LogP contribution in [-0.2, 0) is 0 Å². The summed E-state index contributed by atoms with van der Waals surface area (Å²) in [6.45, 7) is 0. The van der Waals surface area contributed by atoms with Crippen molar-refractivity contribution in [3.05, 3.63) is 23.9 Å². The fourth-order valence-electron chi connectivity index (χ4n) is 3.66. The fraction of sp³-hybridized carbons (Fsp3) is 0.667. The number of nitrogens with zero attached hydrogens (tertiary/aromatic N) is 2. The van der Waals surface area contributed by atoms with Gasteiger partial charge in [0.25, 0.3) is 0 Å². The highest BCUT2D eigenvalue weighted by Gasteiger charge is 2.27. The van der Waals surface area contributed by atoms with E-state index in [0.717, 1.165) is 23.7 Å². The molecule has 0 spiro atoms. The summed E-state index contributed by atoms with van der Waals surface area (Å²) in [5.41, 5.74) is 1.89. The van der Waals surface area contributed by atoms with Crippen LogP contribution in [0, 0.1) is 5.92 Å². The summed E-state index contributed by atoms with van der Waals surface area (Å²) < 4.78 is 0. The van der Waals surface area contributed by atoms with E-state index in [-0.39, 0.29) is 4.87 Å². The fourth-order valence-corrected chi connectivity index (χ4v) is 3.96. The van der Waals surface area contributed by atoms with E-state index < -0.39 is 0 Å². The van der Waals surface area contributed by atoms with Crippen LogP contribution in [0.4, 0.5) is 0 Å². The lowest BCUT2D eigenvalue weighted by Crippen LogP contribution is -2.20. The van der Waals surface area contributed by atoms with E-state index in [0.29, 0.717) is 0 Å². The van der Waals surface area contributed by atoms with Gasteiger partial charge in [-0.3, -0.25) is 0 Å². The quantitative estimate of drug-likeness (QED) is 0.461. The smallest absolute Gasteiger partial charge is 0.116 e. The number of allylic oxidation sites excluding steroid dienone is 3. The minimum atomic E-state index is -0.346. The molecule has 0 aromatic heterocycles. The maximum atomic E-state index is 6.68. The maximum absolute atomic E-state index is 6.68. The summed E-state index contributed by atoms with van der Waals surface area (Å²) >= 11 is 6.68. The van der Waals surface area contributed by atoms with Crippen molar-refractivity contribution in [1.29, 1.82) is 0 Å². The third kappa shape index (κ3) is 4.06. The summed E-state index contributed by atoms with van der Waals surface area (Å²) in [4.78, 5) is 8.11. The van der Waals surface area contributed by atoms with Gasteiger partial charge in [0.1, 0.15) is 6.34 Å². The zero-order valence-electron chi connectivity index (χ0n) is 12.7. The van der Waals surface area contributed by atoms with E-state index in [1.54, 1.807) is 6.34 Å². The Morgan fingerprint density at radius 2 is 2.00 bits per heavy atom. The second kappa shape index (κ2) is 6.91. The SMILES string of the molecule is ClC1(CCCCCC2CCCCC2)C=CC2=NC=NC2=C1. The highest BCUT2D eigenvalue weighted by molar-refractivity contribution is 6.29. The van der Waals surface area contributed by atoms with Crippen molar-refractivity contribution in [2.24, 2.45) is 15.9 Å². The second-order valence-corrected chi connectivity index (χ2v) is 7.36. The normalized spacial score (nSPS) is 28.4. The van der Waals surface area contributed by atoms with Crippen molar-refractivity contribution >= 4 is 23.7 Å². The first-order chi connectivity index (χ1) is 10.3. The number of hydrogen-bond donors (Lipinski definition) is 0. The van der Waals surface area contributed by atoms with Gasteiger partial charge in [0.15, 0.2) is 0 Å². The molecule has 114 valence electrons. The lowest BCUT2D eigenvalue weighted by Gasteiger charge is -2.23. The first kappa shape index (κ1) is 15.0. The first-order valence-electron chi connectivity index (χ1n) is 8.47. The van der Waals surface area contributed by atoms with Gasteiger partial charge in [-0.2, -0.15) is 0 Å². The Bertz CT molecular complexity index is 483. The number of hydrogen-bond acceptors (Lipinski definition) is 2. The van der Waals surface area contributed by atoms with E-state index in [9.17, 15) is 0 Å². The van der Waals surface area contributed by atoms with Gasteiger partial charge < -0.3 is 0 Å². The summed E-state index contributed by atoms with van der Waals surface area (Å²) in [5.74, 6) is 1.01. The Labute approximate surface area is 133 Å². The molecule has 1 unspecified atom stereocenters. The second-order valence-electron chi connectivity index (χ2n) is 6.65. The van der Waals surface area contributed by atoms with Crippen LogP contribution in [0.25, 0.3) is 0 Å². The Balaban J connectivity index is 1.37. The van der Waals surface area contributed by atoms with Crippen LogP contribution in [0.3, 0.4) is 0 Å².